The van der Waals surface area contributed by atoms with E-state index in [1.807, 2.05) is 6.07 Å². The Labute approximate surface area is 461 Å². The second-order valence-electron chi connectivity index (χ2n) is 26.6. The Morgan fingerprint density at radius 1 is 0.380 bits per heavy atom. The molecule has 0 fully saturated rings. The van der Waals surface area contributed by atoms with Crippen LogP contribution >= 0.6 is 0 Å². The summed E-state index contributed by atoms with van der Waals surface area (Å²) >= 11 is 0. The topological polar surface area (TPSA) is 50.8 Å². The highest BCUT2D eigenvalue weighted by atomic mass is 16.3. The smallest absolute Gasteiger partial charge is 0.375 e. The molecule has 0 saturated heterocycles. The molecule has 0 spiro atoms. The van der Waals surface area contributed by atoms with E-state index in [0.717, 1.165) is 111 Å². The van der Waals surface area contributed by atoms with Gasteiger partial charge in [0.1, 0.15) is 33.6 Å². The van der Waals surface area contributed by atoms with Gasteiger partial charge in [-0.1, -0.05) is 156 Å². The van der Waals surface area contributed by atoms with Crippen LogP contribution < -0.4 is 20.8 Å². The van der Waals surface area contributed by atoms with E-state index in [2.05, 4.69) is 261 Å². The van der Waals surface area contributed by atoms with Gasteiger partial charge in [-0.15, -0.1) is 0 Å². The van der Waals surface area contributed by atoms with Crippen molar-refractivity contribution in [2.45, 2.75) is 105 Å². The molecule has 9 aromatic carbocycles. The van der Waals surface area contributed by atoms with Crippen LogP contribution in [0, 0.1) is 0 Å². The number of para-hydroxylation sites is 1. The fourth-order valence-corrected chi connectivity index (χ4v) is 13.0. The van der Waals surface area contributed by atoms with Crippen LogP contribution in [0.2, 0.25) is 0 Å². The first-order valence-corrected chi connectivity index (χ1v) is 28.1. The van der Waals surface area contributed by atoms with Gasteiger partial charge in [-0.05, 0) is 146 Å². The average Bonchev–Trinajstić information content (AvgIpc) is 3.16. The Balaban J connectivity index is 0.995. The van der Waals surface area contributed by atoms with Crippen LogP contribution in [0.25, 0.3) is 93.5 Å². The number of anilines is 5. The van der Waals surface area contributed by atoms with Crippen LogP contribution in [-0.4, -0.2) is 11.4 Å². The van der Waals surface area contributed by atoms with Crippen molar-refractivity contribution in [2.24, 2.45) is 0 Å². The fourth-order valence-electron chi connectivity index (χ4n) is 13.0. The quantitative estimate of drug-likeness (QED) is 0.164. The zero-order chi connectivity index (χ0) is 54.4. The van der Waals surface area contributed by atoms with Crippen LogP contribution in [0.3, 0.4) is 0 Å². The highest BCUT2D eigenvalue weighted by Crippen LogP contribution is 2.50. The molecule has 0 N–H and O–H groups in total. The van der Waals surface area contributed by atoms with E-state index < -0.39 is 0 Å². The van der Waals surface area contributed by atoms with E-state index in [1.165, 1.54) is 44.2 Å². The Hall–Kier alpha value is -8.42. The summed E-state index contributed by atoms with van der Waals surface area (Å²) in [5.74, 6) is 0. The van der Waals surface area contributed by atoms with E-state index in [0.29, 0.717) is 0 Å². The maximum atomic E-state index is 7.44. The summed E-state index contributed by atoms with van der Waals surface area (Å²) in [6.45, 7) is 27.0. The highest BCUT2D eigenvalue weighted by molar-refractivity contribution is 6.93. The maximum Gasteiger partial charge on any atom is 0.375 e. The largest absolute Gasteiger partial charge is 0.466 e. The molecule has 2 aliphatic rings. The normalized spacial score (nSPS) is 13.8. The minimum atomic E-state index is -0.307. The van der Waals surface area contributed by atoms with E-state index >= 15 is 0 Å². The molecule has 0 unspecified atom stereocenters. The molecule has 0 amide bonds. The van der Waals surface area contributed by atoms with Gasteiger partial charge in [-0.3, -0.25) is 0 Å². The van der Waals surface area contributed by atoms with Crippen molar-refractivity contribution in [2.75, 3.05) is 9.71 Å². The lowest BCUT2D eigenvalue weighted by Gasteiger charge is -2.40. The van der Waals surface area contributed by atoms with E-state index in [9.17, 15) is 0 Å². The van der Waals surface area contributed by atoms with Crippen molar-refractivity contribution < 1.29 is 13.3 Å². The first kappa shape index (κ1) is 47.8. The fraction of sp³-hybridized carbons (Fsp3) is 0.222. The third kappa shape index (κ3) is 7.10. The zero-order valence-electron chi connectivity index (χ0n) is 47.3. The number of nitrogens with zero attached hydrogens (tertiary/aromatic N) is 3. The van der Waals surface area contributed by atoms with Gasteiger partial charge < -0.3 is 27.5 Å². The van der Waals surface area contributed by atoms with Crippen LogP contribution in [0.1, 0.15) is 105 Å². The molecule has 13 aromatic rings. The summed E-state index contributed by atoms with van der Waals surface area (Å²) in [5, 5.41) is 7.79. The molecule has 0 atom stereocenters. The molecule has 15 rings (SSSR count). The lowest BCUT2D eigenvalue weighted by molar-refractivity contribution is 0.590. The highest BCUT2D eigenvalue weighted by Gasteiger charge is 2.48. The molecule has 4 aromatic heterocycles. The lowest BCUT2D eigenvalue weighted by Crippen LogP contribution is -2.60. The molecule has 0 radical (unpaired) electrons. The predicted molar refractivity (Wildman–Crippen MR) is 334 cm³/mol. The van der Waals surface area contributed by atoms with Gasteiger partial charge in [0.15, 0.2) is 0 Å². The number of benzene rings is 9. The van der Waals surface area contributed by atoms with E-state index in [-0.39, 0.29) is 28.5 Å². The second-order valence-corrected chi connectivity index (χ2v) is 26.6. The van der Waals surface area contributed by atoms with Gasteiger partial charge in [-0.25, -0.2) is 0 Å². The summed E-state index contributed by atoms with van der Waals surface area (Å²) < 4.78 is 23.7. The second kappa shape index (κ2) is 16.1. The Bertz CT molecular complexity index is 4630. The van der Waals surface area contributed by atoms with Gasteiger partial charge in [0, 0.05) is 77.8 Å². The van der Waals surface area contributed by atoms with Crippen LogP contribution in [0.15, 0.2) is 183 Å². The van der Waals surface area contributed by atoms with Gasteiger partial charge >= 0.3 is 6.85 Å². The van der Waals surface area contributed by atoms with Crippen molar-refractivity contribution in [3.8, 4) is 16.8 Å². The Kier molecular flexibility index (Phi) is 9.74. The predicted octanol–water partition coefficient (Wildman–Crippen LogP) is 19.2. The maximum absolute atomic E-state index is 7.44. The molecular formula is C72H64BN3O3. The van der Waals surface area contributed by atoms with Crippen LogP contribution in [0.5, 0.6) is 0 Å². The van der Waals surface area contributed by atoms with Crippen molar-refractivity contribution in [1.29, 1.82) is 0 Å². The van der Waals surface area contributed by atoms with Crippen LogP contribution in [0.4, 0.5) is 28.4 Å². The molecular weight excluding hydrogens is 966 g/mol. The number of aromatic nitrogens is 1. The van der Waals surface area contributed by atoms with E-state index in [1.54, 1.807) is 0 Å². The molecule has 0 saturated carbocycles. The average molecular weight is 1030 g/mol. The summed E-state index contributed by atoms with van der Waals surface area (Å²) in [6.07, 6.45) is 0. The molecule has 6 heterocycles. The zero-order valence-corrected chi connectivity index (χ0v) is 47.3. The number of rotatable bonds is 4. The van der Waals surface area contributed by atoms with Crippen molar-refractivity contribution in [3.05, 3.63) is 192 Å². The SMILES string of the molecule is CC(C)(C)c1ccc(N2B3c4oc5ccc(C(C)(C)C)cc5c4-n4c5cc6c(cc5c5ccc(c3c54)-c3cc4oc5cc(N(c7ccc(C(C)(C)C)cc7)c7ccc(C(C)(C)C)cc7)ccc5c4cc32)oc2ccccc26)cc1. The van der Waals surface area contributed by atoms with Crippen molar-refractivity contribution in [1.82, 2.24) is 4.57 Å². The summed E-state index contributed by atoms with van der Waals surface area (Å²) in [5.41, 5.74) is 22.7. The summed E-state index contributed by atoms with van der Waals surface area (Å²) in [6, 6.07) is 63.3. The first-order chi connectivity index (χ1) is 37.7. The number of hydrogen-bond acceptors (Lipinski definition) is 5. The van der Waals surface area contributed by atoms with Gasteiger partial charge in [0.2, 0.25) is 0 Å². The monoisotopic (exact) mass is 1030 g/mol. The Morgan fingerprint density at radius 2 is 0.911 bits per heavy atom. The van der Waals surface area contributed by atoms with Gasteiger partial charge in [-0.2, -0.15) is 0 Å². The number of hydrogen-bond donors (Lipinski definition) is 0. The molecule has 7 heteroatoms. The molecule has 6 nitrogen and oxygen atoms in total. The Morgan fingerprint density at radius 3 is 1.57 bits per heavy atom. The summed E-state index contributed by atoms with van der Waals surface area (Å²) in [7, 11) is 0. The van der Waals surface area contributed by atoms with Gasteiger partial charge in [0.25, 0.3) is 0 Å². The number of fused-ring (bicyclic) bond motifs is 16. The molecule has 0 aliphatic carbocycles. The third-order valence-electron chi connectivity index (χ3n) is 17.4. The van der Waals surface area contributed by atoms with Gasteiger partial charge in [0.05, 0.1) is 16.7 Å². The minimum Gasteiger partial charge on any atom is -0.466 e. The van der Waals surface area contributed by atoms with Crippen molar-refractivity contribution >= 4 is 123 Å². The minimum absolute atomic E-state index is 0.0217. The van der Waals surface area contributed by atoms with Crippen LogP contribution in [-0.2, 0) is 21.7 Å². The lowest BCUT2D eigenvalue weighted by atomic mass is 9.46. The first-order valence-electron chi connectivity index (χ1n) is 28.1. The standard InChI is InChI=1S/C72H64BN3O3/c1-69(2,3)41-17-24-45(25-18-41)74(46-26-19-42(20-27-46)70(4,5)6)48-30-31-50-56-38-59-53(39-64(56)78-62(50)36-48)51-32-33-52-54-40-63-55(49-15-13-14-16-60(49)77-63)37-58(54)75-66(52)65(51)73(76(59)47-28-21-43(22-29-47)71(7,8)9)68-67(75)57-35-44(72(10,11)12)23-34-61(57)79-68/h13-40H,1-12H3. The third-order valence-corrected chi connectivity index (χ3v) is 17.4. The molecule has 388 valence electrons. The molecule has 79 heavy (non-hydrogen) atoms. The summed E-state index contributed by atoms with van der Waals surface area (Å²) in [4.78, 5) is 4.92. The van der Waals surface area contributed by atoms with Crippen molar-refractivity contribution in [3.63, 3.8) is 0 Å². The number of furan rings is 3. The molecule has 0 bridgehead atoms. The van der Waals surface area contributed by atoms with E-state index in [4.69, 9.17) is 13.3 Å². The molecule has 2 aliphatic heterocycles.